The predicted octanol–water partition coefficient (Wildman–Crippen LogP) is 1.69. The van der Waals surface area contributed by atoms with E-state index in [-0.39, 0.29) is 5.54 Å². The topological polar surface area (TPSA) is 62.0 Å². The van der Waals surface area contributed by atoms with Gasteiger partial charge in [0.25, 0.3) is 0 Å². The van der Waals surface area contributed by atoms with E-state index in [9.17, 15) is 0 Å². The molecule has 0 spiro atoms. The standard InChI is InChI=1S/C16H30N4O2/c1-16(2,20(4)5)13-19-15(17-3)18-9-7-10-21-12-14-8-6-11-22-14/h6,8,11H,7,9-10,12-13H2,1-5H3,(H2,17,18,19). The van der Waals surface area contributed by atoms with E-state index in [4.69, 9.17) is 9.15 Å². The summed E-state index contributed by atoms with van der Waals surface area (Å²) in [5.41, 5.74) is 0.0732. The maximum absolute atomic E-state index is 5.54. The molecule has 6 nitrogen and oxygen atoms in total. The third kappa shape index (κ3) is 6.95. The van der Waals surface area contributed by atoms with Crippen LogP contribution in [-0.2, 0) is 11.3 Å². The lowest BCUT2D eigenvalue weighted by molar-refractivity contribution is 0.105. The largest absolute Gasteiger partial charge is 0.467 e. The second kappa shape index (κ2) is 9.48. The van der Waals surface area contributed by atoms with Gasteiger partial charge < -0.3 is 24.7 Å². The van der Waals surface area contributed by atoms with Crippen LogP contribution in [0.3, 0.4) is 0 Å². The van der Waals surface area contributed by atoms with Gasteiger partial charge in [0.15, 0.2) is 5.96 Å². The van der Waals surface area contributed by atoms with Gasteiger partial charge in [0.05, 0.1) is 6.26 Å². The summed E-state index contributed by atoms with van der Waals surface area (Å²) >= 11 is 0. The van der Waals surface area contributed by atoms with E-state index in [2.05, 4.69) is 48.5 Å². The summed E-state index contributed by atoms with van der Waals surface area (Å²) in [4.78, 5) is 6.42. The molecule has 1 aromatic heterocycles. The van der Waals surface area contributed by atoms with Gasteiger partial charge in [0.2, 0.25) is 0 Å². The number of hydrogen-bond donors (Lipinski definition) is 2. The average molecular weight is 310 g/mol. The molecule has 1 heterocycles. The van der Waals surface area contributed by atoms with Crippen LogP contribution in [0.2, 0.25) is 0 Å². The highest BCUT2D eigenvalue weighted by atomic mass is 16.5. The van der Waals surface area contributed by atoms with Crippen molar-refractivity contribution in [1.29, 1.82) is 0 Å². The van der Waals surface area contributed by atoms with Gasteiger partial charge in [-0.15, -0.1) is 0 Å². The molecule has 2 N–H and O–H groups in total. The summed E-state index contributed by atoms with van der Waals surface area (Å²) < 4.78 is 10.7. The van der Waals surface area contributed by atoms with E-state index in [1.807, 2.05) is 12.1 Å². The van der Waals surface area contributed by atoms with E-state index in [1.165, 1.54) is 0 Å². The second-order valence-corrected chi connectivity index (χ2v) is 6.04. The van der Waals surface area contributed by atoms with Gasteiger partial charge in [-0.2, -0.15) is 0 Å². The fourth-order valence-corrected chi connectivity index (χ4v) is 1.63. The Morgan fingerprint density at radius 3 is 2.73 bits per heavy atom. The number of aliphatic imine (C=N–C) groups is 1. The zero-order valence-corrected chi connectivity index (χ0v) is 14.5. The summed E-state index contributed by atoms with van der Waals surface area (Å²) in [5.74, 6) is 1.68. The SMILES string of the molecule is CN=C(NCCCOCc1ccco1)NCC(C)(C)N(C)C. The minimum atomic E-state index is 0.0732. The minimum Gasteiger partial charge on any atom is -0.467 e. The molecule has 0 atom stereocenters. The lowest BCUT2D eigenvalue weighted by atomic mass is 10.0. The molecule has 0 aliphatic carbocycles. The van der Waals surface area contributed by atoms with Crippen LogP contribution in [0.4, 0.5) is 0 Å². The summed E-state index contributed by atoms with van der Waals surface area (Å²) in [6.45, 7) is 7.24. The second-order valence-electron chi connectivity index (χ2n) is 6.04. The molecule has 0 aromatic carbocycles. The zero-order valence-electron chi connectivity index (χ0n) is 14.5. The van der Waals surface area contributed by atoms with Crippen molar-refractivity contribution >= 4 is 5.96 Å². The van der Waals surface area contributed by atoms with Crippen molar-refractivity contribution in [3.05, 3.63) is 24.2 Å². The van der Waals surface area contributed by atoms with Crippen molar-refractivity contribution in [3.63, 3.8) is 0 Å². The van der Waals surface area contributed by atoms with Crippen molar-refractivity contribution in [2.45, 2.75) is 32.4 Å². The molecule has 6 heteroatoms. The van der Waals surface area contributed by atoms with Crippen LogP contribution >= 0.6 is 0 Å². The molecule has 22 heavy (non-hydrogen) atoms. The van der Waals surface area contributed by atoms with Gasteiger partial charge in [0.1, 0.15) is 12.4 Å². The van der Waals surface area contributed by atoms with Crippen LogP contribution in [0.25, 0.3) is 0 Å². The van der Waals surface area contributed by atoms with E-state index >= 15 is 0 Å². The lowest BCUT2D eigenvalue weighted by Crippen LogP contribution is -2.51. The molecule has 126 valence electrons. The Morgan fingerprint density at radius 2 is 2.14 bits per heavy atom. The maximum Gasteiger partial charge on any atom is 0.191 e. The molecule has 0 saturated heterocycles. The van der Waals surface area contributed by atoms with Gasteiger partial charge >= 0.3 is 0 Å². The first-order valence-corrected chi connectivity index (χ1v) is 7.68. The summed E-state index contributed by atoms with van der Waals surface area (Å²) in [5, 5.41) is 6.64. The third-order valence-corrected chi connectivity index (χ3v) is 3.71. The summed E-state index contributed by atoms with van der Waals surface area (Å²) in [7, 11) is 5.94. The van der Waals surface area contributed by atoms with Crippen LogP contribution in [0.1, 0.15) is 26.0 Å². The number of hydrogen-bond acceptors (Lipinski definition) is 4. The van der Waals surface area contributed by atoms with Gasteiger partial charge in [-0.05, 0) is 46.5 Å². The van der Waals surface area contributed by atoms with Crippen LogP contribution in [0, 0.1) is 0 Å². The van der Waals surface area contributed by atoms with E-state index in [1.54, 1.807) is 13.3 Å². The number of guanidine groups is 1. The Morgan fingerprint density at radius 1 is 1.36 bits per heavy atom. The van der Waals surface area contributed by atoms with Crippen molar-refractivity contribution in [1.82, 2.24) is 15.5 Å². The monoisotopic (exact) mass is 310 g/mol. The number of nitrogens with one attached hydrogen (secondary N) is 2. The zero-order chi connectivity index (χ0) is 16.4. The quantitative estimate of drug-likeness (QED) is 0.413. The van der Waals surface area contributed by atoms with E-state index in [0.29, 0.717) is 13.2 Å². The first-order chi connectivity index (χ1) is 10.5. The number of ether oxygens (including phenoxy) is 1. The van der Waals surface area contributed by atoms with Crippen LogP contribution < -0.4 is 10.6 Å². The van der Waals surface area contributed by atoms with Crippen molar-refractivity contribution in [2.75, 3.05) is 40.8 Å². The van der Waals surface area contributed by atoms with Gasteiger partial charge in [-0.1, -0.05) is 0 Å². The van der Waals surface area contributed by atoms with Gasteiger partial charge in [-0.25, -0.2) is 0 Å². The molecular formula is C16H30N4O2. The fraction of sp³-hybridized carbons (Fsp3) is 0.688. The van der Waals surface area contributed by atoms with E-state index < -0.39 is 0 Å². The van der Waals surface area contributed by atoms with Crippen LogP contribution in [0.15, 0.2) is 27.8 Å². The first kappa shape index (κ1) is 18.5. The molecule has 0 aliphatic heterocycles. The van der Waals surface area contributed by atoms with Crippen molar-refractivity contribution in [3.8, 4) is 0 Å². The smallest absolute Gasteiger partial charge is 0.191 e. The number of rotatable bonds is 9. The van der Waals surface area contributed by atoms with Crippen LogP contribution in [0.5, 0.6) is 0 Å². The van der Waals surface area contributed by atoms with Crippen molar-refractivity contribution in [2.24, 2.45) is 4.99 Å². The summed E-state index contributed by atoms with van der Waals surface area (Å²) in [6.07, 6.45) is 2.57. The Kier molecular flexibility index (Phi) is 7.98. The Hall–Kier alpha value is -1.53. The van der Waals surface area contributed by atoms with Crippen LogP contribution in [-0.4, -0.2) is 57.2 Å². The molecule has 0 radical (unpaired) electrons. The Bertz CT molecular complexity index is 427. The lowest BCUT2D eigenvalue weighted by Gasteiger charge is -2.33. The van der Waals surface area contributed by atoms with Gasteiger partial charge in [-0.3, -0.25) is 4.99 Å². The number of likely N-dealkylation sites (N-methyl/N-ethyl adjacent to an activating group) is 1. The molecule has 1 aromatic rings. The molecule has 0 unspecified atom stereocenters. The molecule has 0 saturated carbocycles. The summed E-state index contributed by atoms with van der Waals surface area (Å²) in [6, 6.07) is 3.78. The normalized spacial score (nSPS) is 12.7. The molecule has 0 bridgehead atoms. The fourth-order valence-electron chi connectivity index (χ4n) is 1.63. The molecular weight excluding hydrogens is 280 g/mol. The predicted molar refractivity (Wildman–Crippen MR) is 90.1 cm³/mol. The number of furan rings is 1. The van der Waals surface area contributed by atoms with E-state index in [0.717, 1.165) is 31.2 Å². The highest BCUT2D eigenvalue weighted by molar-refractivity contribution is 5.79. The molecule has 0 fully saturated rings. The average Bonchev–Trinajstić information content (AvgIpc) is 2.98. The molecule has 1 rings (SSSR count). The number of nitrogens with zero attached hydrogens (tertiary/aromatic N) is 2. The highest BCUT2D eigenvalue weighted by Crippen LogP contribution is 2.07. The Balaban J connectivity index is 2.11. The van der Waals surface area contributed by atoms with Crippen molar-refractivity contribution < 1.29 is 9.15 Å². The maximum atomic E-state index is 5.54. The van der Waals surface area contributed by atoms with Gasteiger partial charge in [0, 0.05) is 32.3 Å². The molecule has 0 aliphatic rings. The highest BCUT2D eigenvalue weighted by Gasteiger charge is 2.20. The molecule has 0 amide bonds. The third-order valence-electron chi connectivity index (χ3n) is 3.71. The Labute approximate surface area is 133 Å². The first-order valence-electron chi connectivity index (χ1n) is 7.68. The minimum absolute atomic E-state index is 0.0732.